The van der Waals surface area contributed by atoms with Crippen LogP contribution in [-0.4, -0.2) is 17.9 Å². The lowest BCUT2D eigenvalue weighted by Crippen LogP contribution is -2.28. The summed E-state index contributed by atoms with van der Waals surface area (Å²) in [6.45, 7) is 9.68. The van der Waals surface area contributed by atoms with Crippen LogP contribution in [0.2, 0.25) is 0 Å². The maximum absolute atomic E-state index is 11.3. The van der Waals surface area contributed by atoms with Crippen LogP contribution in [0.4, 0.5) is 0 Å². The quantitative estimate of drug-likeness (QED) is 0.388. The molecule has 0 saturated carbocycles. The molecule has 1 unspecified atom stereocenters. The van der Waals surface area contributed by atoms with E-state index in [4.69, 9.17) is 9.47 Å². The van der Waals surface area contributed by atoms with E-state index < -0.39 is 6.29 Å². The summed E-state index contributed by atoms with van der Waals surface area (Å²) in [4.78, 5) is 11.3. The molecule has 0 radical (unpaired) electrons. The molecule has 0 heterocycles. The smallest absolute Gasteiger partial charge is 0.308 e. The normalized spacial score (nSPS) is 13.7. The topological polar surface area (TPSA) is 35.5 Å². The van der Waals surface area contributed by atoms with Crippen LogP contribution in [0.25, 0.3) is 0 Å². The molecule has 90 valence electrons. The minimum Gasteiger partial charge on any atom is -0.436 e. The number of carbonyl (C=O) groups excluding carboxylic acids is 1. The molecule has 0 saturated heterocycles. The molecule has 0 spiro atoms. The number of carbonyl (C=O) groups is 1. The van der Waals surface area contributed by atoms with E-state index in [0.717, 1.165) is 19.3 Å². The van der Waals surface area contributed by atoms with E-state index in [1.165, 1.54) is 0 Å². The van der Waals surface area contributed by atoms with E-state index in [1.807, 2.05) is 20.8 Å². The van der Waals surface area contributed by atoms with Gasteiger partial charge in [-0.15, -0.1) is 0 Å². The molecular formula is C12H24O3. The van der Waals surface area contributed by atoms with Gasteiger partial charge in [0.15, 0.2) is 0 Å². The van der Waals surface area contributed by atoms with Crippen molar-refractivity contribution in [2.75, 3.05) is 0 Å². The van der Waals surface area contributed by atoms with Crippen molar-refractivity contribution in [1.82, 2.24) is 0 Å². The molecule has 0 aromatic heterocycles. The number of hydrogen-bond donors (Lipinski definition) is 0. The molecule has 0 rings (SSSR count). The summed E-state index contributed by atoms with van der Waals surface area (Å²) in [6.07, 6.45) is 3.12. The van der Waals surface area contributed by atoms with Gasteiger partial charge in [0.05, 0.1) is 5.60 Å². The third kappa shape index (κ3) is 9.73. The van der Waals surface area contributed by atoms with E-state index in [9.17, 15) is 4.79 Å². The lowest BCUT2D eigenvalue weighted by atomic mass is 10.2. The van der Waals surface area contributed by atoms with Gasteiger partial charge in [0.25, 0.3) is 0 Å². The number of ether oxygens (including phenoxy) is 2. The Morgan fingerprint density at radius 1 is 1.27 bits per heavy atom. The van der Waals surface area contributed by atoms with Crippen LogP contribution < -0.4 is 0 Å². The first-order valence-electron chi connectivity index (χ1n) is 5.72. The molecule has 1 atom stereocenters. The Labute approximate surface area is 93.1 Å². The first kappa shape index (κ1) is 14.4. The van der Waals surface area contributed by atoms with Gasteiger partial charge in [-0.05, 0) is 34.1 Å². The molecule has 0 aliphatic heterocycles. The van der Waals surface area contributed by atoms with E-state index in [0.29, 0.717) is 6.42 Å². The summed E-state index contributed by atoms with van der Waals surface area (Å²) in [5.74, 6) is -0.166. The van der Waals surface area contributed by atoms with Crippen LogP contribution >= 0.6 is 0 Å². The van der Waals surface area contributed by atoms with Crippen LogP contribution in [0.3, 0.4) is 0 Å². The molecule has 0 N–H and O–H groups in total. The van der Waals surface area contributed by atoms with Crippen LogP contribution in [-0.2, 0) is 14.3 Å². The van der Waals surface area contributed by atoms with Crippen LogP contribution in [0.5, 0.6) is 0 Å². The maximum Gasteiger partial charge on any atom is 0.308 e. The van der Waals surface area contributed by atoms with Crippen LogP contribution in [0.1, 0.15) is 60.3 Å². The molecule has 0 fully saturated rings. The summed E-state index contributed by atoms with van der Waals surface area (Å²) in [6, 6.07) is 0. The number of esters is 1. The molecule has 3 nitrogen and oxygen atoms in total. The first-order chi connectivity index (χ1) is 6.85. The SMILES string of the molecule is CCCCCC(=O)OC(C)OC(C)(C)C. The van der Waals surface area contributed by atoms with Crippen LogP contribution in [0.15, 0.2) is 0 Å². The Balaban J connectivity index is 3.67. The fourth-order valence-electron chi connectivity index (χ4n) is 1.29. The van der Waals surface area contributed by atoms with E-state index >= 15 is 0 Å². The highest BCUT2D eigenvalue weighted by Crippen LogP contribution is 2.12. The van der Waals surface area contributed by atoms with Gasteiger partial charge < -0.3 is 9.47 Å². The van der Waals surface area contributed by atoms with Gasteiger partial charge in [0.1, 0.15) is 0 Å². The largest absolute Gasteiger partial charge is 0.436 e. The maximum atomic E-state index is 11.3. The second-order valence-corrected chi connectivity index (χ2v) is 4.74. The Morgan fingerprint density at radius 2 is 1.87 bits per heavy atom. The molecule has 0 aromatic carbocycles. The predicted molar refractivity (Wildman–Crippen MR) is 60.5 cm³/mol. The average molecular weight is 216 g/mol. The molecule has 0 amide bonds. The predicted octanol–water partition coefficient (Wildman–Crippen LogP) is 3.27. The van der Waals surface area contributed by atoms with Crippen molar-refractivity contribution in [3.63, 3.8) is 0 Å². The lowest BCUT2D eigenvalue weighted by Gasteiger charge is -2.24. The zero-order valence-electron chi connectivity index (χ0n) is 10.6. The zero-order chi connectivity index (χ0) is 11.9. The Bertz CT molecular complexity index is 182. The van der Waals surface area contributed by atoms with Gasteiger partial charge >= 0.3 is 5.97 Å². The molecule has 0 aliphatic rings. The molecule has 0 aliphatic carbocycles. The van der Waals surface area contributed by atoms with Gasteiger partial charge in [0, 0.05) is 6.42 Å². The fourth-order valence-corrected chi connectivity index (χ4v) is 1.29. The van der Waals surface area contributed by atoms with Gasteiger partial charge in [-0.1, -0.05) is 19.8 Å². The number of unbranched alkanes of at least 4 members (excludes halogenated alkanes) is 2. The Morgan fingerprint density at radius 3 is 2.33 bits per heavy atom. The highest BCUT2D eigenvalue weighted by Gasteiger charge is 2.17. The van der Waals surface area contributed by atoms with Crippen molar-refractivity contribution in [3.05, 3.63) is 0 Å². The van der Waals surface area contributed by atoms with Gasteiger partial charge in [-0.2, -0.15) is 0 Å². The molecule has 0 bridgehead atoms. The molecule has 0 aromatic rings. The fraction of sp³-hybridized carbons (Fsp3) is 0.917. The van der Waals surface area contributed by atoms with Gasteiger partial charge in [0.2, 0.25) is 6.29 Å². The minimum atomic E-state index is -0.459. The van der Waals surface area contributed by atoms with Crippen LogP contribution in [0, 0.1) is 0 Å². The number of hydrogen-bond acceptors (Lipinski definition) is 3. The van der Waals surface area contributed by atoms with Crippen molar-refractivity contribution in [2.45, 2.75) is 72.2 Å². The van der Waals surface area contributed by atoms with Gasteiger partial charge in [-0.3, -0.25) is 4.79 Å². The first-order valence-corrected chi connectivity index (χ1v) is 5.72. The molecule has 15 heavy (non-hydrogen) atoms. The van der Waals surface area contributed by atoms with Gasteiger partial charge in [-0.25, -0.2) is 0 Å². The highest BCUT2D eigenvalue weighted by atomic mass is 16.7. The van der Waals surface area contributed by atoms with Crippen molar-refractivity contribution < 1.29 is 14.3 Å². The van der Waals surface area contributed by atoms with E-state index in [-0.39, 0.29) is 11.6 Å². The Kier molecular flexibility index (Phi) is 6.57. The summed E-state index contributed by atoms with van der Waals surface area (Å²) in [7, 11) is 0. The molecular weight excluding hydrogens is 192 g/mol. The third-order valence-corrected chi connectivity index (χ3v) is 1.80. The average Bonchev–Trinajstić information content (AvgIpc) is 2.00. The zero-order valence-corrected chi connectivity index (χ0v) is 10.6. The monoisotopic (exact) mass is 216 g/mol. The van der Waals surface area contributed by atoms with Crippen molar-refractivity contribution in [1.29, 1.82) is 0 Å². The second-order valence-electron chi connectivity index (χ2n) is 4.74. The third-order valence-electron chi connectivity index (χ3n) is 1.80. The van der Waals surface area contributed by atoms with Crippen molar-refractivity contribution >= 4 is 5.97 Å². The highest BCUT2D eigenvalue weighted by molar-refractivity contribution is 5.69. The summed E-state index contributed by atoms with van der Waals surface area (Å²) >= 11 is 0. The number of rotatable bonds is 6. The van der Waals surface area contributed by atoms with Crippen molar-refractivity contribution in [3.8, 4) is 0 Å². The Hall–Kier alpha value is -0.570. The van der Waals surface area contributed by atoms with E-state index in [1.54, 1.807) is 6.92 Å². The summed E-state index contributed by atoms with van der Waals surface area (Å²) < 4.78 is 10.6. The summed E-state index contributed by atoms with van der Waals surface area (Å²) in [5, 5.41) is 0. The summed E-state index contributed by atoms with van der Waals surface area (Å²) in [5.41, 5.74) is -0.275. The lowest BCUT2D eigenvalue weighted by molar-refractivity contribution is -0.196. The standard InChI is InChI=1S/C12H24O3/c1-6-7-8-9-11(13)14-10(2)15-12(3,4)5/h10H,6-9H2,1-5H3. The van der Waals surface area contributed by atoms with E-state index in [2.05, 4.69) is 6.92 Å². The molecule has 3 heteroatoms. The van der Waals surface area contributed by atoms with Crippen molar-refractivity contribution in [2.24, 2.45) is 0 Å². The minimum absolute atomic E-state index is 0.166. The second kappa shape index (κ2) is 6.83.